The van der Waals surface area contributed by atoms with E-state index in [9.17, 15) is 13.5 Å². The average Bonchev–Trinajstić information content (AvgIpc) is 2.90. The minimum Gasteiger partial charge on any atom is -0.393 e. The molecule has 0 bridgehead atoms. The number of rotatable bonds is 1. The maximum absolute atomic E-state index is 12.1. The van der Waals surface area contributed by atoms with Gasteiger partial charge < -0.3 is 5.11 Å². The van der Waals surface area contributed by atoms with Gasteiger partial charge in [-0.25, -0.2) is 0 Å². The largest absolute Gasteiger partial charge is 0.393 e. The first kappa shape index (κ1) is 18.0. The summed E-state index contributed by atoms with van der Waals surface area (Å²) >= 11 is 0. The zero-order valence-electron chi connectivity index (χ0n) is 16.0. The van der Waals surface area contributed by atoms with Crippen molar-refractivity contribution < 1.29 is 13.5 Å². The molecular weight excluding hydrogens is 332 g/mol. The molecule has 25 heavy (non-hydrogen) atoms. The van der Waals surface area contributed by atoms with E-state index in [0.29, 0.717) is 29.6 Å². The second-order valence-electron chi connectivity index (χ2n) is 9.90. The van der Waals surface area contributed by atoms with Crippen molar-refractivity contribution in [2.45, 2.75) is 84.7 Å². The summed E-state index contributed by atoms with van der Waals surface area (Å²) in [6, 6.07) is 0. The fourth-order valence-corrected chi connectivity index (χ4v) is 8.91. The van der Waals surface area contributed by atoms with Crippen molar-refractivity contribution >= 4 is 15.2 Å². The molecule has 0 heterocycles. The van der Waals surface area contributed by atoms with E-state index < -0.39 is 10.3 Å². The summed E-state index contributed by atoms with van der Waals surface area (Å²) in [7, 11) is -2.11. The van der Waals surface area contributed by atoms with E-state index in [0.717, 1.165) is 30.0 Å². The van der Waals surface area contributed by atoms with Crippen molar-refractivity contribution in [2.75, 3.05) is 0 Å². The molecule has 4 rings (SSSR count). The van der Waals surface area contributed by atoms with Crippen molar-refractivity contribution in [1.82, 2.24) is 0 Å². The predicted octanol–water partition coefficient (Wildman–Crippen LogP) is 4.08. The first-order chi connectivity index (χ1) is 11.8. The van der Waals surface area contributed by atoms with Gasteiger partial charge in [-0.2, -0.15) is 8.42 Å². The molecule has 0 aromatic heterocycles. The van der Waals surface area contributed by atoms with Gasteiger partial charge in [-0.1, -0.05) is 40.0 Å². The van der Waals surface area contributed by atoms with Crippen molar-refractivity contribution in [3.05, 3.63) is 0 Å². The highest BCUT2D eigenvalue weighted by Gasteiger charge is 2.64. The van der Waals surface area contributed by atoms with Crippen LogP contribution in [0.4, 0.5) is 0 Å². The fourth-order valence-electron chi connectivity index (χ4n) is 7.94. The Morgan fingerprint density at radius 3 is 2.60 bits per heavy atom. The molecule has 0 saturated heterocycles. The minimum atomic E-state index is -2.11. The Morgan fingerprint density at radius 2 is 1.92 bits per heavy atom. The molecule has 0 aliphatic heterocycles. The van der Waals surface area contributed by atoms with E-state index in [-0.39, 0.29) is 17.4 Å². The lowest BCUT2D eigenvalue weighted by atomic mass is 9.44. The van der Waals surface area contributed by atoms with Gasteiger partial charge in [0, 0.05) is 11.3 Å². The van der Waals surface area contributed by atoms with Gasteiger partial charge in [0.05, 0.1) is 11.0 Å². The highest BCUT2D eigenvalue weighted by molar-refractivity contribution is 7.73. The van der Waals surface area contributed by atoms with Gasteiger partial charge in [0.25, 0.3) is 0 Å². The van der Waals surface area contributed by atoms with Gasteiger partial charge in [0.15, 0.2) is 0 Å². The second-order valence-corrected chi connectivity index (χ2v) is 10.9. The lowest BCUT2D eigenvalue weighted by molar-refractivity contribution is -0.153. The lowest BCUT2D eigenvalue weighted by Gasteiger charge is -2.61. The molecule has 4 saturated carbocycles. The van der Waals surface area contributed by atoms with Crippen LogP contribution >= 0.6 is 0 Å². The SMILES string of the molecule is CC[C@H]1CC(=S(=O)=O)[C@H]2[C@@H]3CCC4CCCC[C@]4(C)[C@H]3C[C@@H](O)[C@]12C. The Kier molecular flexibility index (Phi) is 4.39. The summed E-state index contributed by atoms with van der Waals surface area (Å²) in [5, 5.41) is 11.3. The van der Waals surface area contributed by atoms with E-state index in [1.54, 1.807) is 0 Å². The molecule has 142 valence electrons. The van der Waals surface area contributed by atoms with Gasteiger partial charge in [-0.15, -0.1) is 0 Å². The molecule has 0 amide bonds. The maximum atomic E-state index is 12.1. The fraction of sp³-hybridized carbons (Fsp3) is 0.952. The Labute approximate surface area is 154 Å². The van der Waals surface area contributed by atoms with Crippen LogP contribution in [-0.2, 0) is 10.3 Å². The summed E-state index contributed by atoms with van der Waals surface area (Å²) in [5.74, 6) is 2.11. The third-order valence-corrected chi connectivity index (χ3v) is 10.2. The number of hydrogen-bond acceptors (Lipinski definition) is 3. The first-order valence-electron chi connectivity index (χ1n) is 10.5. The molecule has 0 radical (unpaired) electrons. The van der Waals surface area contributed by atoms with E-state index in [1.165, 1.54) is 32.1 Å². The molecule has 4 heteroatoms. The molecule has 1 N–H and O–H groups in total. The van der Waals surface area contributed by atoms with Crippen molar-refractivity contribution in [3.8, 4) is 0 Å². The Balaban J connectivity index is 1.80. The van der Waals surface area contributed by atoms with Crippen molar-refractivity contribution in [3.63, 3.8) is 0 Å². The second kappa shape index (κ2) is 6.09. The highest BCUT2D eigenvalue weighted by atomic mass is 32.2. The molecule has 0 aromatic carbocycles. The van der Waals surface area contributed by atoms with Crippen molar-refractivity contribution in [2.24, 2.45) is 40.4 Å². The van der Waals surface area contributed by atoms with Crippen LogP contribution in [0.15, 0.2) is 0 Å². The molecule has 3 nitrogen and oxygen atoms in total. The molecule has 4 fully saturated rings. The van der Waals surface area contributed by atoms with Crippen LogP contribution < -0.4 is 0 Å². The average molecular weight is 367 g/mol. The van der Waals surface area contributed by atoms with E-state index in [1.807, 2.05) is 0 Å². The molecule has 4 aliphatic rings. The zero-order valence-corrected chi connectivity index (χ0v) is 16.8. The molecule has 4 aliphatic carbocycles. The Bertz CT molecular complexity index is 675. The number of hydrogen-bond donors (Lipinski definition) is 1. The van der Waals surface area contributed by atoms with Gasteiger partial charge in [0.2, 0.25) is 10.3 Å². The van der Waals surface area contributed by atoms with Crippen molar-refractivity contribution in [1.29, 1.82) is 0 Å². The van der Waals surface area contributed by atoms with Crippen LogP contribution in [0.3, 0.4) is 0 Å². The van der Waals surface area contributed by atoms with E-state index in [4.69, 9.17) is 0 Å². The van der Waals surface area contributed by atoms with Crippen LogP contribution in [-0.4, -0.2) is 24.5 Å². The first-order valence-corrected chi connectivity index (χ1v) is 11.5. The summed E-state index contributed by atoms with van der Waals surface area (Å²) in [6.07, 6.45) is 9.84. The number of fused-ring (bicyclic) bond motifs is 5. The highest BCUT2D eigenvalue weighted by Crippen LogP contribution is 2.67. The monoisotopic (exact) mass is 366 g/mol. The number of aliphatic hydroxyl groups excluding tert-OH is 1. The molecule has 1 unspecified atom stereocenters. The standard InChI is InChI=1S/C21H34O3S/c1-4-13-11-17(25(23)24)19-15-9-8-14-7-5-6-10-20(14,2)16(15)12-18(22)21(13,19)3/h13-16,18-19,22H,4-12H2,1-3H3/t13-,14?,15+,16-,18+,19+,20-,21-/m0/s1. The lowest BCUT2D eigenvalue weighted by Crippen LogP contribution is -2.58. The van der Waals surface area contributed by atoms with Gasteiger partial charge in [-0.3, -0.25) is 0 Å². The van der Waals surface area contributed by atoms with Crippen LogP contribution in [0, 0.1) is 40.4 Å². The van der Waals surface area contributed by atoms with Gasteiger partial charge in [-0.05, 0) is 67.6 Å². The van der Waals surface area contributed by atoms with Crippen LogP contribution in [0.25, 0.3) is 0 Å². The van der Waals surface area contributed by atoms with Crippen LogP contribution in [0.1, 0.15) is 78.6 Å². The summed E-state index contributed by atoms with van der Waals surface area (Å²) in [5.41, 5.74) is 0.0620. The molecule has 0 spiro atoms. The van der Waals surface area contributed by atoms with Gasteiger partial charge >= 0.3 is 0 Å². The number of aliphatic hydroxyl groups is 1. The minimum absolute atomic E-state index is 0.0734. The Hall–Kier alpha value is -0.350. The topological polar surface area (TPSA) is 54.4 Å². The maximum Gasteiger partial charge on any atom is 0.213 e. The van der Waals surface area contributed by atoms with Gasteiger partial charge in [0.1, 0.15) is 0 Å². The van der Waals surface area contributed by atoms with Crippen LogP contribution in [0.2, 0.25) is 0 Å². The Morgan fingerprint density at radius 1 is 1.16 bits per heavy atom. The predicted molar refractivity (Wildman–Crippen MR) is 101 cm³/mol. The summed E-state index contributed by atoms with van der Waals surface area (Å²) < 4.78 is 24.2. The molecule has 8 atom stereocenters. The zero-order chi connectivity index (χ0) is 18.0. The smallest absolute Gasteiger partial charge is 0.213 e. The quantitative estimate of drug-likeness (QED) is 0.712. The summed E-state index contributed by atoms with van der Waals surface area (Å²) in [6.45, 7) is 6.81. The van der Waals surface area contributed by atoms with E-state index in [2.05, 4.69) is 20.8 Å². The molecular formula is C21H34O3S. The molecule has 0 aromatic rings. The third kappa shape index (κ3) is 2.35. The third-order valence-electron chi connectivity index (χ3n) is 9.34. The van der Waals surface area contributed by atoms with Crippen LogP contribution in [0.5, 0.6) is 0 Å². The van der Waals surface area contributed by atoms with E-state index >= 15 is 0 Å². The normalized spacial score (nSPS) is 52.2. The summed E-state index contributed by atoms with van der Waals surface area (Å²) in [4.78, 5) is 0.737.